The smallest absolute Gasteiger partial charge is 0.334 e. The summed E-state index contributed by atoms with van der Waals surface area (Å²) in [5.41, 5.74) is 0.782. The molecule has 2 N–H and O–H groups in total. The van der Waals surface area contributed by atoms with E-state index in [0.29, 0.717) is 18.6 Å². The maximum absolute atomic E-state index is 11.1. The Bertz CT molecular complexity index is 562. The van der Waals surface area contributed by atoms with Crippen molar-refractivity contribution in [3.63, 3.8) is 0 Å². The Balaban J connectivity index is 0.000000359. The third kappa shape index (κ3) is 7.32. The second-order valence-corrected chi connectivity index (χ2v) is 6.33. The maximum Gasteiger partial charge on any atom is 0.334 e. The average Bonchev–Trinajstić information content (AvgIpc) is 2.90. The number of likely N-dealkylation sites (tertiary alicyclic amines) is 1. The summed E-state index contributed by atoms with van der Waals surface area (Å²) >= 11 is 0. The van der Waals surface area contributed by atoms with Crippen LogP contribution >= 0.6 is 0 Å². The third-order valence-electron chi connectivity index (χ3n) is 4.22. The molecule has 0 aromatic carbocycles. The molecule has 0 radical (unpaired) electrons. The zero-order valence-electron chi connectivity index (χ0n) is 15.3. The molecule has 9 heteroatoms. The standard InChI is InChI=1S/C13H22N2O3.C4H4O4/c1-4-12(16)18-14-11-9-13(17-10(11)2)5-7-15(3)8-6-13;5-3(6)1-2-4(7)8/h10H,4-9H2,1-3H3;1-2H,(H,5,6)(H,7,8)/b;2-1-. The van der Waals surface area contributed by atoms with E-state index < -0.39 is 11.9 Å². The summed E-state index contributed by atoms with van der Waals surface area (Å²) in [6, 6.07) is 0. The fourth-order valence-corrected chi connectivity index (χ4v) is 2.70. The summed E-state index contributed by atoms with van der Waals surface area (Å²) in [6.07, 6.45) is 4.26. The molecule has 2 rings (SSSR count). The number of carboxylic acid groups (broad SMARTS) is 2. The molecule has 2 heterocycles. The molecule has 26 heavy (non-hydrogen) atoms. The van der Waals surface area contributed by atoms with Gasteiger partial charge < -0.3 is 24.7 Å². The molecule has 0 amide bonds. The van der Waals surface area contributed by atoms with Gasteiger partial charge in [-0.1, -0.05) is 12.1 Å². The second kappa shape index (κ2) is 10.0. The predicted molar refractivity (Wildman–Crippen MR) is 92.9 cm³/mol. The summed E-state index contributed by atoms with van der Waals surface area (Å²) < 4.78 is 6.07. The molecule has 2 fully saturated rings. The molecular formula is C17H26N2O7. The van der Waals surface area contributed by atoms with Gasteiger partial charge in [0.25, 0.3) is 0 Å². The number of carbonyl (C=O) groups excluding carboxylic acids is 1. The number of aliphatic carboxylic acids is 2. The number of oxime groups is 1. The summed E-state index contributed by atoms with van der Waals surface area (Å²) in [7, 11) is 2.13. The summed E-state index contributed by atoms with van der Waals surface area (Å²) in [4.78, 5) is 37.4. The lowest BCUT2D eigenvalue weighted by Gasteiger charge is -2.36. The zero-order valence-corrected chi connectivity index (χ0v) is 15.3. The van der Waals surface area contributed by atoms with E-state index in [1.165, 1.54) is 0 Å². The van der Waals surface area contributed by atoms with Crippen LogP contribution in [-0.4, -0.2) is 70.6 Å². The highest BCUT2D eigenvalue weighted by molar-refractivity contribution is 5.91. The van der Waals surface area contributed by atoms with Crippen molar-refractivity contribution in [3.8, 4) is 0 Å². The van der Waals surface area contributed by atoms with E-state index in [1.54, 1.807) is 6.92 Å². The fourth-order valence-electron chi connectivity index (χ4n) is 2.70. The zero-order chi connectivity index (χ0) is 19.7. The lowest BCUT2D eigenvalue weighted by Crippen LogP contribution is -2.42. The van der Waals surface area contributed by atoms with Gasteiger partial charge in [-0.2, -0.15) is 0 Å². The molecule has 2 saturated heterocycles. The van der Waals surface area contributed by atoms with E-state index in [9.17, 15) is 14.4 Å². The van der Waals surface area contributed by atoms with Crippen molar-refractivity contribution in [3.05, 3.63) is 12.2 Å². The highest BCUT2D eigenvalue weighted by atomic mass is 16.7. The van der Waals surface area contributed by atoms with Gasteiger partial charge in [0, 0.05) is 38.1 Å². The number of ether oxygens (including phenoxy) is 1. The number of hydrogen-bond donors (Lipinski definition) is 2. The summed E-state index contributed by atoms with van der Waals surface area (Å²) in [6.45, 7) is 5.84. The molecule has 0 aromatic rings. The number of carboxylic acids is 2. The molecule has 1 spiro atoms. The van der Waals surface area contributed by atoms with Crippen LogP contribution in [0.5, 0.6) is 0 Å². The Hall–Kier alpha value is -2.26. The van der Waals surface area contributed by atoms with Gasteiger partial charge in [0.05, 0.1) is 17.4 Å². The second-order valence-electron chi connectivity index (χ2n) is 6.33. The van der Waals surface area contributed by atoms with Crippen molar-refractivity contribution < 1.29 is 34.2 Å². The maximum atomic E-state index is 11.1. The van der Waals surface area contributed by atoms with Crippen molar-refractivity contribution in [1.29, 1.82) is 0 Å². The van der Waals surface area contributed by atoms with Crippen molar-refractivity contribution in [2.24, 2.45) is 5.16 Å². The Kier molecular flexibility index (Phi) is 8.40. The fraction of sp³-hybridized carbons (Fsp3) is 0.647. The normalized spacial score (nSPS) is 23.7. The summed E-state index contributed by atoms with van der Waals surface area (Å²) in [5.74, 6) is -2.81. The van der Waals surface area contributed by atoms with Crippen LogP contribution in [0.2, 0.25) is 0 Å². The van der Waals surface area contributed by atoms with Crippen LogP contribution in [0.25, 0.3) is 0 Å². The minimum Gasteiger partial charge on any atom is -0.478 e. The molecule has 0 aromatic heterocycles. The number of hydrogen-bond acceptors (Lipinski definition) is 7. The Labute approximate surface area is 152 Å². The monoisotopic (exact) mass is 370 g/mol. The number of rotatable bonds is 4. The van der Waals surface area contributed by atoms with Crippen molar-refractivity contribution in [2.75, 3.05) is 20.1 Å². The molecule has 0 saturated carbocycles. The first-order chi connectivity index (χ1) is 12.2. The van der Waals surface area contributed by atoms with Crippen LogP contribution in [0.3, 0.4) is 0 Å². The number of carbonyl (C=O) groups is 3. The number of piperidine rings is 1. The van der Waals surface area contributed by atoms with Gasteiger partial charge in [-0.3, -0.25) is 0 Å². The number of nitrogens with zero attached hydrogens (tertiary/aromatic N) is 2. The molecule has 0 bridgehead atoms. The predicted octanol–water partition coefficient (Wildman–Crippen LogP) is 1.28. The van der Waals surface area contributed by atoms with Crippen molar-refractivity contribution in [2.45, 2.75) is 51.2 Å². The Morgan fingerprint density at radius 1 is 1.27 bits per heavy atom. The molecule has 9 nitrogen and oxygen atoms in total. The van der Waals surface area contributed by atoms with Gasteiger partial charge in [0.2, 0.25) is 0 Å². The van der Waals surface area contributed by atoms with E-state index in [4.69, 9.17) is 19.8 Å². The quantitative estimate of drug-likeness (QED) is 0.431. The van der Waals surface area contributed by atoms with E-state index in [-0.39, 0.29) is 17.7 Å². The minimum atomic E-state index is -1.26. The van der Waals surface area contributed by atoms with Gasteiger partial charge in [0.15, 0.2) is 0 Å². The van der Waals surface area contributed by atoms with Crippen LogP contribution in [-0.2, 0) is 24.0 Å². The molecular weight excluding hydrogens is 344 g/mol. The first kappa shape index (κ1) is 21.8. The Morgan fingerprint density at radius 2 is 1.81 bits per heavy atom. The van der Waals surface area contributed by atoms with Gasteiger partial charge in [-0.25, -0.2) is 14.4 Å². The van der Waals surface area contributed by atoms with E-state index >= 15 is 0 Å². The van der Waals surface area contributed by atoms with Gasteiger partial charge in [-0.15, -0.1) is 0 Å². The van der Waals surface area contributed by atoms with Crippen LogP contribution in [0, 0.1) is 0 Å². The van der Waals surface area contributed by atoms with E-state index in [0.717, 1.165) is 38.1 Å². The van der Waals surface area contributed by atoms with Gasteiger partial charge in [0.1, 0.15) is 0 Å². The average molecular weight is 370 g/mol. The molecule has 2 aliphatic heterocycles. The first-order valence-electron chi connectivity index (χ1n) is 8.44. The van der Waals surface area contributed by atoms with E-state index in [2.05, 4.69) is 17.1 Å². The van der Waals surface area contributed by atoms with Crippen LogP contribution in [0.15, 0.2) is 17.3 Å². The third-order valence-corrected chi connectivity index (χ3v) is 4.22. The Morgan fingerprint density at radius 3 is 2.27 bits per heavy atom. The molecule has 0 aliphatic carbocycles. The van der Waals surface area contributed by atoms with Gasteiger partial charge in [-0.05, 0) is 26.8 Å². The lowest BCUT2D eigenvalue weighted by atomic mass is 9.88. The highest BCUT2D eigenvalue weighted by Gasteiger charge is 2.44. The lowest BCUT2D eigenvalue weighted by molar-refractivity contribution is -0.143. The van der Waals surface area contributed by atoms with Crippen molar-refractivity contribution in [1.82, 2.24) is 4.90 Å². The van der Waals surface area contributed by atoms with E-state index in [1.807, 2.05) is 6.92 Å². The molecule has 1 unspecified atom stereocenters. The van der Waals surface area contributed by atoms with Crippen LogP contribution in [0.1, 0.15) is 39.5 Å². The molecule has 146 valence electrons. The summed E-state index contributed by atoms with van der Waals surface area (Å²) in [5, 5.41) is 19.6. The minimum absolute atomic E-state index is 0.0435. The topological polar surface area (TPSA) is 126 Å². The molecule has 2 aliphatic rings. The highest BCUT2D eigenvalue weighted by Crippen LogP contribution is 2.37. The first-order valence-corrected chi connectivity index (χ1v) is 8.44. The van der Waals surface area contributed by atoms with Crippen molar-refractivity contribution >= 4 is 23.6 Å². The van der Waals surface area contributed by atoms with Crippen LogP contribution < -0.4 is 0 Å². The SMILES string of the molecule is CCC(=O)ON=C1CC2(CCN(C)CC2)OC1C.O=C(O)/C=C\C(=O)O. The van der Waals surface area contributed by atoms with Crippen LogP contribution in [0.4, 0.5) is 0 Å². The van der Waals surface area contributed by atoms with Gasteiger partial charge >= 0.3 is 17.9 Å². The largest absolute Gasteiger partial charge is 0.478 e. The molecule has 1 atom stereocenters.